The average Bonchev–Trinajstić information content (AvgIpc) is 3.27. The van der Waals surface area contributed by atoms with Gasteiger partial charge in [-0.1, -0.05) is 18.2 Å². The van der Waals surface area contributed by atoms with Crippen LogP contribution in [0, 0.1) is 5.92 Å². The number of hydroxylamine groups is 2. The number of nitrogens with one attached hydrogen (secondary N) is 2. The van der Waals surface area contributed by atoms with Gasteiger partial charge in [-0.25, -0.2) is 4.79 Å². The van der Waals surface area contributed by atoms with E-state index in [2.05, 4.69) is 15.9 Å². The van der Waals surface area contributed by atoms with Crippen molar-refractivity contribution >= 4 is 11.8 Å². The standard InChI is InChI=1S/C18H25N3O4/c1-21-9-7-14(11-17(22)15-8-10-24-20-15)16(21)12-19-25-18(23)13-5-3-2-4-6-13/h2-6,14-16,19-20H,7-12H2,1H3/t14?,15?,16-/m1/s1. The number of likely N-dealkylation sites (N-methyl/N-ethyl adjacent to an activating group) is 1. The fourth-order valence-electron chi connectivity index (χ4n) is 3.50. The molecule has 2 fully saturated rings. The lowest BCUT2D eigenvalue weighted by Gasteiger charge is -2.25. The number of Topliss-reactive ketones (excluding diaryl/α,β-unsaturated/α-hetero) is 1. The molecule has 7 nitrogen and oxygen atoms in total. The summed E-state index contributed by atoms with van der Waals surface area (Å²) in [4.78, 5) is 36.8. The zero-order chi connectivity index (χ0) is 17.6. The smallest absolute Gasteiger partial charge is 0.356 e. The normalized spacial score (nSPS) is 26.7. The summed E-state index contributed by atoms with van der Waals surface area (Å²) in [6, 6.07) is 8.84. The second-order valence-corrected chi connectivity index (χ2v) is 6.68. The Hall–Kier alpha value is -1.80. The fraction of sp³-hybridized carbons (Fsp3) is 0.556. The van der Waals surface area contributed by atoms with Crippen LogP contribution in [0.15, 0.2) is 30.3 Å². The van der Waals surface area contributed by atoms with Crippen LogP contribution >= 0.6 is 0 Å². The molecule has 25 heavy (non-hydrogen) atoms. The van der Waals surface area contributed by atoms with Gasteiger partial charge in [-0.15, -0.1) is 0 Å². The first kappa shape index (κ1) is 18.0. The topological polar surface area (TPSA) is 79.9 Å². The lowest BCUT2D eigenvalue weighted by molar-refractivity contribution is -0.123. The number of hydrogen-bond donors (Lipinski definition) is 2. The van der Waals surface area contributed by atoms with E-state index in [-0.39, 0.29) is 23.8 Å². The van der Waals surface area contributed by atoms with E-state index in [0.29, 0.717) is 25.1 Å². The van der Waals surface area contributed by atoms with Gasteiger partial charge in [0.15, 0.2) is 5.78 Å². The van der Waals surface area contributed by atoms with Gasteiger partial charge in [0.05, 0.1) is 18.2 Å². The van der Waals surface area contributed by atoms with E-state index in [0.717, 1.165) is 19.4 Å². The largest absolute Gasteiger partial charge is 0.367 e. The van der Waals surface area contributed by atoms with Crippen LogP contribution < -0.4 is 11.0 Å². The van der Waals surface area contributed by atoms with Gasteiger partial charge in [-0.2, -0.15) is 11.0 Å². The highest BCUT2D eigenvalue weighted by Crippen LogP contribution is 2.26. The summed E-state index contributed by atoms with van der Waals surface area (Å²) in [7, 11) is 2.03. The summed E-state index contributed by atoms with van der Waals surface area (Å²) >= 11 is 0. The quantitative estimate of drug-likeness (QED) is 0.710. The summed E-state index contributed by atoms with van der Waals surface area (Å²) in [5, 5.41) is 0. The van der Waals surface area contributed by atoms with Crippen LogP contribution in [0.2, 0.25) is 0 Å². The second kappa shape index (κ2) is 8.53. The highest BCUT2D eigenvalue weighted by atomic mass is 16.7. The molecular weight excluding hydrogens is 322 g/mol. The molecule has 0 bridgehead atoms. The molecule has 7 heteroatoms. The number of likely N-dealkylation sites (tertiary alicyclic amines) is 1. The van der Waals surface area contributed by atoms with Crippen molar-refractivity contribution < 1.29 is 19.3 Å². The maximum absolute atomic E-state index is 12.4. The lowest BCUT2D eigenvalue weighted by Crippen LogP contribution is -2.41. The Bertz CT molecular complexity index is 589. The first-order valence-electron chi connectivity index (χ1n) is 8.74. The molecule has 2 heterocycles. The molecule has 2 N–H and O–H groups in total. The van der Waals surface area contributed by atoms with E-state index in [9.17, 15) is 9.59 Å². The fourth-order valence-corrected chi connectivity index (χ4v) is 3.50. The molecule has 3 rings (SSSR count). The van der Waals surface area contributed by atoms with Crippen molar-refractivity contribution in [1.29, 1.82) is 0 Å². The van der Waals surface area contributed by atoms with Crippen LogP contribution in [-0.2, 0) is 14.5 Å². The molecule has 1 aromatic rings. The van der Waals surface area contributed by atoms with Crippen LogP contribution in [0.5, 0.6) is 0 Å². The molecule has 0 aromatic heterocycles. The zero-order valence-electron chi connectivity index (χ0n) is 14.4. The van der Waals surface area contributed by atoms with Gasteiger partial charge in [0.25, 0.3) is 0 Å². The lowest BCUT2D eigenvalue weighted by atomic mass is 9.91. The number of rotatable bonds is 7. The predicted molar refractivity (Wildman–Crippen MR) is 91.5 cm³/mol. The Morgan fingerprint density at radius 3 is 2.84 bits per heavy atom. The Morgan fingerprint density at radius 2 is 2.12 bits per heavy atom. The number of carbonyl (C=O) groups is 2. The summed E-state index contributed by atoms with van der Waals surface area (Å²) in [6.07, 6.45) is 2.22. The van der Waals surface area contributed by atoms with E-state index in [1.165, 1.54) is 0 Å². The third-order valence-corrected chi connectivity index (χ3v) is 5.02. The highest BCUT2D eigenvalue weighted by Gasteiger charge is 2.35. The number of ketones is 1. The molecule has 0 aliphatic carbocycles. The average molecular weight is 347 g/mol. The minimum absolute atomic E-state index is 0.162. The Balaban J connectivity index is 1.47. The highest BCUT2D eigenvalue weighted by molar-refractivity contribution is 5.89. The number of nitrogens with zero attached hydrogens (tertiary/aromatic N) is 1. The van der Waals surface area contributed by atoms with Gasteiger partial charge < -0.3 is 14.6 Å². The van der Waals surface area contributed by atoms with Crippen molar-refractivity contribution in [3.8, 4) is 0 Å². The van der Waals surface area contributed by atoms with Gasteiger partial charge in [0.2, 0.25) is 0 Å². The number of hydrogen-bond acceptors (Lipinski definition) is 7. The molecule has 2 aliphatic rings. The van der Waals surface area contributed by atoms with Gasteiger partial charge in [-0.3, -0.25) is 4.79 Å². The van der Waals surface area contributed by atoms with Crippen LogP contribution in [0.4, 0.5) is 0 Å². The maximum atomic E-state index is 12.4. The van der Waals surface area contributed by atoms with E-state index in [1.54, 1.807) is 24.3 Å². The van der Waals surface area contributed by atoms with Crippen molar-refractivity contribution in [3.05, 3.63) is 35.9 Å². The Kier molecular flexibility index (Phi) is 6.14. The summed E-state index contributed by atoms with van der Waals surface area (Å²) < 4.78 is 0. The molecule has 1 aromatic carbocycles. The van der Waals surface area contributed by atoms with Gasteiger partial charge in [-0.05, 0) is 44.5 Å². The summed E-state index contributed by atoms with van der Waals surface area (Å²) in [5.74, 6) is 0.0492. The minimum atomic E-state index is -0.402. The first-order chi connectivity index (χ1) is 12.1. The van der Waals surface area contributed by atoms with E-state index in [4.69, 9.17) is 9.68 Å². The van der Waals surface area contributed by atoms with E-state index < -0.39 is 5.97 Å². The Morgan fingerprint density at radius 1 is 1.32 bits per heavy atom. The summed E-state index contributed by atoms with van der Waals surface area (Å²) in [5.41, 5.74) is 6.08. The van der Waals surface area contributed by atoms with Crippen molar-refractivity contribution in [2.45, 2.75) is 31.3 Å². The minimum Gasteiger partial charge on any atom is -0.367 e. The molecule has 0 amide bonds. The molecule has 2 aliphatic heterocycles. The van der Waals surface area contributed by atoms with E-state index >= 15 is 0 Å². The molecule has 0 saturated carbocycles. The molecule has 2 saturated heterocycles. The van der Waals surface area contributed by atoms with Crippen LogP contribution in [0.25, 0.3) is 0 Å². The van der Waals surface area contributed by atoms with Gasteiger partial charge in [0, 0.05) is 19.0 Å². The van der Waals surface area contributed by atoms with Crippen molar-refractivity contribution in [2.24, 2.45) is 5.92 Å². The molecule has 0 spiro atoms. The van der Waals surface area contributed by atoms with Crippen LogP contribution in [-0.4, -0.2) is 55.5 Å². The van der Waals surface area contributed by atoms with Gasteiger partial charge >= 0.3 is 5.97 Å². The molecule has 3 atom stereocenters. The molecular formula is C18H25N3O4. The summed E-state index contributed by atoms with van der Waals surface area (Å²) in [6.45, 7) is 2.02. The number of benzene rings is 1. The van der Waals surface area contributed by atoms with Gasteiger partial charge in [0.1, 0.15) is 0 Å². The van der Waals surface area contributed by atoms with Crippen LogP contribution in [0.3, 0.4) is 0 Å². The second-order valence-electron chi connectivity index (χ2n) is 6.68. The zero-order valence-corrected chi connectivity index (χ0v) is 14.4. The molecule has 136 valence electrons. The first-order valence-corrected chi connectivity index (χ1v) is 8.74. The predicted octanol–water partition coefficient (Wildman–Crippen LogP) is 0.921. The van der Waals surface area contributed by atoms with Crippen molar-refractivity contribution in [2.75, 3.05) is 26.7 Å². The van der Waals surface area contributed by atoms with Crippen molar-refractivity contribution in [1.82, 2.24) is 15.9 Å². The number of carbonyl (C=O) groups excluding carboxylic acids is 2. The van der Waals surface area contributed by atoms with Crippen LogP contribution in [0.1, 0.15) is 29.6 Å². The molecule has 0 radical (unpaired) electrons. The molecule has 2 unspecified atom stereocenters. The maximum Gasteiger partial charge on any atom is 0.356 e. The van der Waals surface area contributed by atoms with Crippen molar-refractivity contribution in [3.63, 3.8) is 0 Å². The third-order valence-electron chi connectivity index (χ3n) is 5.02. The van der Waals surface area contributed by atoms with E-state index in [1.807, 2.05) is 13.1 Å². The Labute approximate surface area is 147 Å². The monoisotopic (exact) mass is 347 g/mol. The SMILES string of the molecule is CN1CCC(CC(=O)C2CCON2)[C@H]1CNOC(=O)c1ccccc1. The third kappa shape index (κ3) is 4.64.